The summed E-state index contributed by atoms with van der Waals surface area (Å²) >= 11 is 0. The van der Waals surface area contributed by atoms with Gasteiger partial charge in [-0.1, -0.05) is 54.6 Å². The van der Waals surface area contributed by atoms with Crippen molar-refractivity contribution in [2.45, 2.75) is 70.5 Å². The first-order chi connectivity index (χ1) is 18.8. The van der Waals surface area contributed by atoms with Crippen molar-refractivity contribution in [3.63, 3.8) is 0 Å². The molecule has 2 aromatic carbocycles. The number of aromatic nitrogens is 1. The molecule has 0 unspecified atom stereocenters. The van der Waals surface area contributed by atoms with Gasteiger partial charge in [0.1, 0.15) is 0 Å². The molecule has 38 heavy (non-hydrogen) atoms. The lowest BCUT2D eigenvalue weighted by Gasteiger charge is -2.38. The van der Waals surface area contributed by atoms with Crippen LogP contribution in [0.25, 0.3) is 0 Å². The van der Waals surface area contributed by atoms with Crippen LogP contribution in [0.4, 0.5) is 0 Å². The van der Waals surface area contributed by atoms with E-state index < -0.39 is 0 Å². The number of aryl methyl sites for hydroxylation is 2. The Morgan fingerprint density at radius 2 is 1.58 bits per heavy atom. The van der Waals surface area contributed by atoms with Crippen molar-refractivity contribution in [1.29, 1.82) is 0 Å². The lowest BCUT2D eigenvalue weighted by atomic mass is 9.82. The summed E-state index contributed by atoms with van der Waals surface area (Å²) in [7, 11) is 0. The van der Waals surface area contributed by atoms with Crippen LogP contribution in [0.15, 0.2) is 66.9 Å². The third-order valence-electron chi connectivity index (χ3n) is 9.06. The lowest BCUT2D eigenvalue weighted by molar-refractivity contribution is 0.0662. The number of benzene rings is 2. The average molecular weight is 510 g/mol. The molecule has 0 bridgehead atoms. The highest BCUT2D eigenvalue weighted by Crippen LogP contribution is 2.36. The zero-order valence-corrected chi connectivity index (χ0v) is 22.8. The van der Waals surface area contributed by atoms with Gasteiger partial charge >= 0.3 is 0 Å². The average Bonchev–Trinajstić information content (AvgIpc) is 2.98. The summed E-state index contributed by atoms with van der Waals surface area (Å²) in [4.78, 5) is 7.69. The fraction of sp³-hybridized carbons (Fsp3) is 0.500. The molecule has 1 fully saturated rings. The Hall–Kier alpha value is -2.53. The van der Waals surface area contributed by atoms with Gasteiger partial charge in [0, 0.05) is 39.0 Å². The Balaban J connectivity index is 1.14. The second-order valence-electron chi connectivity index (χ2n) is 11.8. The van der Waals surface area contributed by atoms with E-state index in [9.17, 15) is 0 Å². The number of rotatable bonds is 9. The molecule has 2 atom stereocenters. The number of ether oxygens (including phenoxy) is 1. The fourth-order valence-electron chi connectivity index (χ4n) is 6.87. The number of pyridine rings is 1. The minimum Gasteiger partial charge on any atom is -0.381 e. The highest BCUT2D eigenvalue weighted by atomic mass is 16.5. The van der Waals surface area contributed by atoms with Gasteiger partial charge in [-0.05, 0) is 104 Å². The van der Waals surface area contributed by atoms with Crippen LogP contribution in [-0.4, -0.2) is 36.2 Å². The minimum atomic E-state index is 0.415. The summed E-state index contributed by atoms with van der Waals surface area (Å²) in [6, 6.07) is 23.3. The Morgan fingerprint density at radius 1 is 0.789 bits per heavy atom. The molecular formula is C34H43N3O. The van der Waals surface area contributed by atoms with Crippen molar-refractivity contribution in [1.82, 2.24) is 15.2 Å². The molecule has 0 saturated carbocycles. The smallest absolute Gasteiger partial charge is 0.0607 e. The van der Waals surface area contributed by atoms with Gasteiger partial charge in [-0.15, -0.1) is 0 Å². The Kier molecular flexibility index (Phi) is 8.50. The van der Waals surface area contributed by atoms with Gasteiger partial charge in [0.25, 0.3) is 0 Å². The van der Waals surface area contributed by atoms with Crippen LogP contribution in [0, 0.1) is 11.8 Å². The maximum Gasteiger partial charge on any atom is 0.0607 e. The summed E-state index contributed by atoms with van der Waals surface area (Å²) in [6.45, 7) is 6.02. The third-order valence-corrected chi connectivity index (χ3v) is 9.06. The molecule has 2 aliphatic carbocycles. The molecular weight excluding hydrogens is 466 g/mol. The Bertz CT molecular complexity index is 1170. The SMILES string of the molecule is c1ccc2c(c1)CC[C@@H](CN(Cc1ccc(CNCC3CCOCC3)cc1)[C@H]1CCCc3cccnc31)C2. The Labute approximate surface area is 228 Å². The molecule has 0 amide bonds. The molecule has 0 radical (unpaired) electrons. The van der Waals surface area contributed by atoms with E-state index in [1.165, 1.54) is 73.8 Å². The lowest BCUT2D eigenvalue weighted by Crippen LogP contribution is -2.37. The first-order valence-electron chi connectivity index (χ1n) is 14.9. The minimum absolute atomic E-state index is 0.415. The first-order valence-corrected chi connectivity index (χ1v) is 14.9. The van der Waals surface area contributed by atoms with E-state index >= 15 is 0 Å². The summed E-state index contributed by atoms with van der Waals surface area (Å²) in [5.74, 6) is 1.46. The number of nitrogens with zero attached hydrogens (tertiary/aromatic N) is 2. The Morgan fingerprint density at radius 3 is 2.45 bits per heavy atom. The quantitative estimate of drug-likeness (QED) is 0.368. The molecule has 3 aromatic rings. The van der Waals surface area contributed by atoms with Crippen LogP contribution in [0.5, 0.6) is 0 Å². The van der Waals surface area contributed by atoms with Crippen molar-refractivity contribution in [2.24, 2.45) is 11.8 Å². The molecule has 4 nitrogen and oxygen atoms in total. The normalized spacial score (nSPS) is 21.7. The van der Waals surface area contributed by atoms with E-state index in [1.807, 2.05) is 6.20 Å². The highest BCUT2D eigenvalue weighted by molar-refractivity contribution is 5.30. The van der Waals surface area contributed by atoms with Gasteiger partial charge in [0.2, 0.25) is 0 Å². The molecule has 3 aliphatic rings. The molecule has 6 rings (SSSR count). The number of hydrogen-bond donors (Lipinski definition) is 1. The zero-order valence-electron chi connectivity index (χ0n) is 22.8. The molecule has 1 aromatic heterocycles. The van der Waals surface area contributed by atoms with Gasteiger partial charge in [0.15, 0.2) is 0 Å². The number of hydrogen-bond acceptors (Lipinski definition) is 4. The fourth-order valence-corrected chi connectivity index (χ4v) is 6.87. The van der Waals surface area contributed by atoms with E-state index in [2.05, 4.69) is 70.9 Å². The predicted molar refractivity (Wildman–Crippen MR) is 154 cm³/mol. The molecule has 200 valence electrons. The predicted octanol–water partition coefficient (Wildman–Crippen LogP) is 6.28. The van der Waals surface area contributed by atoms with Crippen molar-refractivity contribution in [3.8, 4) is 0 Å². The van der Waals surface area contributed by atoms with E-state index in [1.54, 1.807) is 11.1 Å². The summed E-state index contributed by atoms with van der Waals surface area (Å²) in [5.41, 5.74) is 8.68. The van der Waals surface area contributed by atoms with Crippen molar-refractivity contribution in [3.05, 3.63) is 100 Å². The van der Waals surface area contributed by atoms with Gasteiger partial charge in [-0.2, -0.15) is 0 Å². The maximum atomic E-state index is 5.50. The van der Waals surface area contributed by atoms with Gasteiger partial charge in [0.05, 0.1) is 11.7 Å². The van der Waals surface area contributed by atoms with Crippen LogP contribution >= 0.6 is 0 Å². The largest absolute Gasteiger partial charge is 0.381 e. The summed E-state index contributed by atoms with van der Waals surface area (Å²) in [6.07, 6.45) is 11.7. The van der Waals surface area contributed by atoms with E-state index in [4.69, 9.17) is 9.72 Å². The second kappa shape index (κ2) is 12.5. The van der Waals surface area contributed by atoms with Crippen LogP contribution in [-0.2, 0) is 37.1 Å². The second-order valence-corrected chi connectivity index (χ2v) is 11.8. The first kappa shape index (κ1) is 25.7. The standard InChI is InChI=1S/C34H43N3O/c1-2-6-32-21-29(14-15-30(32)5-1)25-37(33-9-3-7-31-8-4-18-36-34(31)33)24-28-12-10-26(11-13-28)22-35-23-27-16-19-38-20-17-27/h1-2,4-6,8,10-13,18,27,29,33,35H,3,7,9,14-17,19-25H2/t29-,33+/m1/s1. The van der Waals surface area contributed by atoms with Crippen LogP contribution in [0.1, 0.15) is 71.7 Å². The highest BCUT2D eigenvalue weighted by Gasteiger charge is 2.30. The van der Waals surface area contributed by atoms with Crippen LogP contribution in [0.3, 0.4) is 0 Å². The monoisotopic (exact) mass is 509 g/mol. The van der Waals surface area contributed by atoms with Gasteiger partial charge < -0.3 is 10.1 Å². The van der Waals surface area contributed by atoms with Crippen LogP contribution < -0.4 is 5.32 Å². The molecule has 1 saturated heterocycles. The molecule has 2 heterocycles. The summed E-state index contributed by atoms with van der Waals surface area (Å²) in [5, 5.41) is 3.68. The molecule has 4 heteroatoms. The van der Waals surface area contributed by atoms with E-state index in [-0.39, 0.29) is 0 Å². The van der Waals surface area contributed by atoms with Gasteiger partial charge in [-0.25, -0.2) is 0 Å². The maximum absolute atomic E-state index is 5.50. The number of nitrogens with one attached hydrogen (secondary N) is 1. The van der Waals surface area contributed by atoms with Crippen LogP contribution in [0.2, 0.25) is 0 Å². The third kappa shape index (κ3) is 6.36. The zero-order chi connectivity index (χ0) is 25.6. The van der Waals surface area contributed by atoms with Gasteiger partial charge in [-0.3, -0.25) is 9.88 Å². The molecule has 1 aliphatic heterocycles. The van der Waals surface area contributed by atoms with Crippen molar-refractivity contribution < 1.29 is 4.74 Å². The van der Waals surface area contributed by atoms with Crippen molar-refractivity contribution in [2.75, 3.05) is 26.3 Å². The van der Waals surface area contributed by atoms with E-state index in [0.29, 0.717) is 12.0 Å². The molecule has 1 N–H and O–H groups in total. The van der Waals surface area contributed by atoms with E-state index in [0.717, 1.165) is 45.3 Å². The molecule has 0 spiro atoms. The topological polar surface area (TPSA) is 37.4 Å². The summed E-state index contributed by atoms with van der Waals surface area (Å²) < 4.78 is 5.50. The van der Waals surface area contributed by atoms with Crippen molar-refractivity contribution >= 4 is 0 Å². The number of fused-ring (bicyclic) bond motifs is 2.